The van der Waals surface area contributed by atoms with Crippen LogP contribution in [0.2, 0.25) is 0 Å². The van der Waals surface area contributed by atoms with Crippen LogP contribution < -0.4 is 15.8 Å². The summed E-state index contributed by atoms with van der Waals surface area (Å²) in [7, 11) is 3.51. The van der Waals surface area contributed by atoms with Gasteiger partial charge >= 0.3 is 5.97 Å². The molecule has 6 bridgehead atoms. The lowest BCUT2D eigenvalue weighted by Gasteiger charge is -2.42. The predicted octanol–water partition coefficient (Wildman–Crippen LogP) is 5.66. The fraction of sp³-hybridized carbons (Fsp3) is 0.743. The molecule has 47 heavy (non-hydrogen) atoms. The van der Waals surface area contributed by atoms with E-state index in [0.29, 0.717) is 68.5 Å². The highest BCUT2D eigenvalue weighted by molar-refractivity contribution is 8.76. The van der Waals surface area contributed by atoms with E-state index in [2.05, 4.69) is 10.3 Å². The summed E-state index contributed by atoms with van der Waals surface area (Å²) in [4.78, 5) is 31.7. The number of aliphatic hydroxyl groups is 1. The van der Waals surface area contributed by atoms with Crippen LogP contribution in [-0.2, 0) is 27.3 Å². The van der Waals surface area contributed by atoms with Crippen molar-refractivity contribution >= 4 is 39.4 Å². The molecule has 1 aromatic carbocycles. The average Bonchev–Trinajstić information content (AvgIpc) is 3.66. The number of nitrogens with zero attached hydrogens (tertiary/aromatic N) is 2. The number of phenolic OH excluding ortho intramolecular Hbond substituents is 1. The third kappa shape index (κ3) is 10.6. The van der Waals surface area contributed by atoms with Crippen molar-refractivity contribution in [2.75, 3.05) is 24.7 Å². The van der Waals surface area contributed by atoms with E-state index in [0.717, 1.165) is 81.9 Å². The predicted molar refractivity (Wildman–Crippen MR) is 188 cm³/mol. The fourth-order valence-corrected chi connectivity index (χ4v) is 9.54. The zero-order valence-corrected chi connectivity index (χ0v) is 29.6. The van der Waals surface area contributed by atoms with Gasteiger partial charge in [-0.1, -0.05) is 40.5 Å². The lowest BCUT2D eigenvalue weighted by atomic mass is 9.72. The summed E-state index contributed by atoms with van der Waals surface area (Å²) in [5, 5.41) is 25.9. The van der Waals surface area contributed by atoms with Crippen LogP contribution in [0.5, 0.6) is 11.5 Å². The van der Waals surface area contributed by atoms with Crippen molar-refractivity contribution in [3.63, 3.8) is 0 Å². The number of aliphatic imine (C=N–C) groups is 1. The van der Waals surface area contributed by atoms with E-state index in [9.17, 15) is 19.8 Å². The highest BCUT2D eigenvalue weighted by Gasteiger charge is 2.42. The van der Waals surface area contributed by atoms with Crippen molar-refractivity contribution in [1.82, 2.24) is 10.2 Å². The Morgan fingerprint density at radius 2 is 1.89 bits per heavy atom. The summed E-state index contributed by atoms with van der Waals surface area (Å²) in [5.74, 6) is 2.77. The number of fused-ring (bicyclic) bond motifs is 14. The smallest absolute Gasteiger partial charge is 0.303 e. The van der Waals surface area contributed by atoms with Gasteiger partial charge in [-0.2, -0.15) is 0 Å². The Bertz CT molecular complexity index is 1240. The fourth-order valence-electron chi connectivity index (χ4n) is 7.75. The Balaban J connectivity index is 1.35. The molecule has 262 valence electrons. The summed E-state index contributed by atoms with van der Waals surface area (Å²) in [6, 6.07) is 3.89. The topological polar surface area (TPSA) is 147 Å². The molecule has 5 aliphatic rings. The molecule has 3 aliphatic heterocycles. The second-order valence-corrected chi connectivity index (χ2v) is 16.5. The monoisotopic (exact) mass is 690 g/mol. The maximum Gasteiger partial charge on any atom is 0.303 e. The van der Waals surface area contributed by atoms with Gasteiger partial charge in [0.1, 0.15) is 5.60 Å². The molecule has 12 heteroatoms. The van der Waals surface area contributed by atoms with Gasteiger partial charge in [-0.05, 0) is 94.1 Å². The SMILES string of the molecule is CC(=O)O[C@@]12CCc3cc(c(O)c(OC4CCCC4)c3)CN3C[C@@H](CCNC(N)=NCSSCCCCC[C@H](CC1)[C@H](O)C2)CC3=O. The number of carbonyl (C=O) groups excluding carboxylic acids is 2. The molecule has 0 unspecified atom stereocenters. The van der Waals surface area contributed by atoms with Crippen LogP contribution >= 0.6 is 21.6 Å². The normalized spacial score (nSPS) is 29.2. The van der Waals surface area contributed by atoms with Crippen LogP contribution in [0.15, 0.2) is 17.1 Å². The van der Waals surface area contributed by atoms with Crippen LogP contribution in [0, 0.1) is 11.8 Å². The first-order valence-electron chi connectivity index (χ1n) is 17.6. The first-order valence-corrected chi connectivity index (χ1v) is 20.1. The minimum absolute atomic E-state index is 0.0643. The average molecular weight is 691 g/mol. The third-order valence-corrected chi connectivity index (χ3v) is 12.5. The Morgan fingerprint density at radius 3 is 2.68 bits per heavy atom. The number of esters is 1. The minimum Gasteiger partial charge on any atom is -0.504 e. The van der Waals surface area contributed by atoms with Crippen molar-refractivity contribution in [1.29, 1.82) is 0 Å². The molecule has 6 rings (SSSR count). The van der Waals surface area contributed by atoms with Crippen LogP contribution in [0.25, 0.3) is 0 Å². The number of guanidine groups is 1. The number of phenols is 1. The lowest BCUT2D eigenvalue weighted by molar-refractivity contribution is -0.168. The maximum absolute atomic E-state index is 13.1. The minimum atomic E-state index is -0.733. The number of rotatable bonds is 3. The summed E-state index contributed by atoms with van der Waals surface area (Å²) in [6.45, 7) is 3.01. The van der Waals surface area contributed by atoms with Crippen molar-refractivity contribution in [2.45, 2.75) is 128 Å². The first kappa shape index (κ1) is 36.0. The number of nitrogens with one attached hydrogen (secondary N) is 1. The van der Waals surface area contributed by atoms with Gasteiger partial charge in [0, 0.05) is 50.7 Å². The van der Waals surface area contributed by atoms with E-state index >= 15 is 0 Å². The number of amides is 1. The number of ether oxygens (including phenoxy) is 2. The molecule has 0 aromatic heterocycles. The Labute approximate surface area is 287 Å². The molecule has 0 spiro atoms. The molecule has 3 heterocycles. The van der Waals surface area contributed by atoms with Crippen LogP contribution in [-0.4, -0.2) is 75.5 Å². The molecule has 0 radical (unpaired) electrons. The van der Waals surface area contributed by atoms with Gasteiger partial charge < -0.3 is 35.6 Å². The van der Waals surface area contributed by atoms with Gasteiger partial charge in [-0.3, -0.25) is 9.59 Å². The highest BCUT2D eigenvalue weighted by atomic mass is 33.1. The Kier molecular flexibility index (Phi) is 13.3. The molecule has 10 nitrogen and oxygen atoms in total. The molecule has 4 atom stereocenters. The van der Waals surface area contributed by atoms with E-state index in [1.54, 1.807) is 10.8 Å². The standard InChI is InChI=1S/C35H54N4O6S2/c1-24(40)45-35-13-10-25-17-28(33(43)31(18-25)44-29-8-4-5-9-29)22-39-21-26(19-32(39)42)12-15-37-34(36)38-23-47-46-16-6-2-3-7-27(11-14-35)30(41)20-35/h17-18,26-27,29-30,41,43H,2-16,19-23H2,1H3,(H3,36,37,38)/t26-,27+,30+,35-/m0/s1. The maximum atomic E-state index is 13.1. The molecule has 2 aliphatic carbocycles. The second kappa shape index (κ2) is 17.4. The molecule has 3 fully saturated rings. The van der Waals surface area contributed by atoms with E-state index in [1.807, 2.05) is 27.8 Å². The van der Waals surface area contributed by atoms with Gasteiger partial charge in [0.15, 0.2) is 17.5 Å². The summed E-state index contributed by atoms with van der Waals surface area (Å²) < 4.78 is 12.4. The number of carbonyl (C=O) groups is 2. The molecular formula is C35H54N4O6S2. The van der Waals surface area contributed by atoms with Crippen LogP contribution in [0.4, 0.5) is 0 Å². The Morgan fingerprint density at radius 1 is 1.09 bits per heavy atom. The van der Waals surface area contributed by atoms with E-state index in [4.69, 9.17) is 15.2 Å². The number of benzene rings is 1. The molecule has 2 saturated carbocycles. The van der Waals surface area contributed by atoms with Crippen molar-refractivity contribution < 1.29 is 29.3 Å². The molecule has 1 amide bonds. The molecular weight excluding hydrogens is 637 g/mol. The molecule has 1 saturated heterocycles. The second-order valence-electron chi connectivity index (χ2n) is 14.0. The quantitative estimate of drug-likeness (QED) is 0.231. The van der Waals surface area contributed by atoms with E-state index < -0.39 is 11.7 Å². The van der Waals surface area contributed by atoms with Gasteiger partial charge in [-0.15, -0.1) is 0 Å². The van der Waals surface area contributed by atoms with Crippen molar-refractivity contribution in [3.05, 3.63) is 23.3 Å². The highest BCUT2D eigenvalue weighted by Crippen LogP contribution is 2.42. The van der Waals surface area contributed by atoms with Gasteiger partial charge in [0.2, 0.25) is 5.91 Å². The van der Waals surface area contributed by atoms with Gasteiger partial charge in [0.25, 0.3) is 0 Å². The van der Waals surface area contributed by atoms with Crippen LogP contribution in [0.3, 0.4) is 0 Å². The Hall–Kier alpha value is -2.31. The lowest BCUT2D eigenvalue weighted by Crippen LogP contribution is -2.45. The number of aromatic hydroxyl groups is 1. The van der Waals surface area contributed by atoms with Gasteiger partial charge in [-0.25, -0.2) is 4.99 Å². The largest absolute Gasteiger partial charge is 0.504 e. The number of nitrogens with two attached hydrogens (primary N) is 1. The molecule has 1 aromatic rings. The first-order chi connectivity index (χ1) is 22.7. The summed E-state index contributed by atoms with van der Waals surface area (Å²) in [6.07, 6.45) is 12.4. The summed E-state index contributed by atoms with van der Waals surface area (Å²) in [5.41, 5.74) is 6.98. The van der Waals surface area contributed by atoms with Crippen molar-refractivity contribution in [2.24, 2.45) is 22.6 Å². The van der Waals surface area contributed by atoms with Crippen molar-refractivity contribution in [3.8, 4) is 11.5 Å². The number of aryl methyl sites for hydroxylation is 1. The molecule has 5 N–H and O–H groups in total. The van der Waals surface area contributed by atoms with Gasteiger partial charge in [0.05, 0.1) is 18.1 Å². The van der Waals surface area contributed by atoms with E-state index in [1.165, 1.54) is 6.92 Å². The summed E-state index contributed by atoms with van der Waals surface area (Å²) >= 11 is 0. The zero-order chi connectivity index (χ0) is 33.2. The number of hydrogen-bond acceptors (Lipinski definition) is 11. The van der Waals surface area contributed by atoms with E-state index in [-0.39, 0.29) is 35.6 Å². The zero-order valence-electron chi connectivity index (χ0n) is 27.9. The van der Waals surface area contributed by atoms with Crippen LogP contribution in [0.1, 0.15) is 108 Å². The third-order valence-electron chi connectivity index (χ3n) is 10.3. The number of aliphatic hydroxyl groups excluding tert-OH is 1. The number of hydrogen-bond donors (Lipinski definition) is 4.